The van der Waals surface area contributed by atoms with Crippen molar-refractivity contribution in [2.24, 2.45) is 0 Å². The van der Waals surface area contributed by atoms with Crippen molar-refractivity contribution in [1.82, 2.24) is 19.7 Å². The van der Waals surface area contributed by atoms with Crippen LogP contribution in [0.3, 0.4) is 0 Å². The van der Waals surface area contributed by atoms with Crippen molar-refractivity contribution in [3.05, 3.63) is 71.2 Å². The lowest BCUT2D eigenvalue weighted by Crippen LogP contribution is -2.53. The van der Waals surface area contributed by atoms with Crippen LogP contribution in [0.25, 0.3) is 16.7 Å². The summed E-state index contributed by atoms with van der Waals surface area (Å²) in [5, 5.41) is 28.0. The van der Waals surface area contributed by atoms with Gasteiger partial charge in [0.15, 0.2) is 11.2 Å². The van der Waals surface area contributed by atoms with E-state index in [1.807, 2.05) is 19.1 Å². The standard InChI is InChI=1S/C29H29F3N6O2/c1-4-23-36-25(21-15-35-38(26(21)37-23)20-9-5-7-18(13-20)14-33)34-17-28(39,29(30,31)32)16-27(2,3)22-10-6-8-19-11-12-40-24(19)22/h5-10,13,15,39H,4,11-12,16-17H2,1-3H3,(H,34,36,37). The number of nitrogens with zero attached hydrogens (tertiary/aromatic N) is 5. The average Bonchev–Trinajstić information content (AvgIpc) is 3.58. The summed E-state index contributed by atoms with van der Waals surface area (Å²) in [4.78, 5) is 8.96. The molecular formula is C29H29F3N6O2. The molecule has 40 heavy (non-hydrogen) atoms. The van der Waals surface area contributed by atoms with Crippen LogP contribution in [0.2, 0.25) is 0 Å². The van der Waals surface area contributed by atoms with E-state index >= 15 is 0 Å². The van der Waals surface area contributed by atoms with Gasteiger partial charge in [0.05, 0.1) is 42.1 Å². The third kappa shape index (κ3) is 4.95. The van der Waals surface area contributed by atoms with Gasteiger partial charge >= 0.3 is 6.18 Å². The number of para-hydroxylation sites is 1. The Kier molecular flexibility index (Phi) is 6.92. The number of anilines is 1. The number of aliphatic hydroxyl groups is 1. The van der Waals surface area contributed by atoms with Crippen LogP contribution in [-0.2, 0) is 18.3 Å². The summed E-state index contributed by atoms with van der Waals surface area (Å²) in [5.74, 6) is 1.12. The molecule has 0 bridgehead atoms. The molecule has 1 aliphatic heterocycles. The topological polar surface area (TPSA) is 109 Å². The van der Waals surface area contributed by atoms with Crippen LogP contribution in [0.15, 0.2) is 48.7 Å². The molecule has 8 nitrogen and oxygen atoms in total. The van der Waals surface area contributed by atoms with Crippen molar-refractivity contribution >= 4 is 16.9 Å². The van der Waals surface area contributed by atoms with Crippen molar-refractivity contribution in [1.29, 1.82) is 5.26 Å². The minimum absolute atomic E-state index is 0.133. The molecule has 4 aromatic rings. The van der Waals surface area contributed by atoms with Crippen LogP contribution in [0.5, 0.6) is 5.75 Å². The number of halogens is 3. The molecule has 0 spiro atoms. The fourth-order valence-electron chi connectivity index (χ4n) is 5.21. The first kappa shape index (κ1) is 27.4. The third-order valence-corrected chi connectivity index (χ3v) is 7.26. The normalized spacial score (nSPS) is 14.8. The molecule has 0 saturated carbocycles. The molecule has 1 atom stereocenters. The smallest absolute Gasteiger partial charge is 0.418 e. The van der Waals surface area contributed by atoms with Gasteiger partial charge in [0.2, 0.25) is 0 Å². The third-order valence-electron chi connectivity index (χ3n) is 7.26. The van der Waals surface area contributed by atoms with Crippen LogP contribution < -0.4 is 10.1 Å². The highest BCUT2D eigenvalue weighted by Crippen LogP contribution is 2.45. The number of hydrogen-bond donors (Lipinski definition) is 2. The molecule has 2 aromatic heterocycles. The number of aromatic nitrogens is 4. The van der Waals surface area contributed by atoms with E-state index in [2.05, 4.69) is 26.5 Å². The largest absolute Gasteiger partial charge is 0.493 e. The Balaban J connectivity index is 1.49. The van der Waals surface area contributed by atoms with Gasteiger partial charge < -0.3 is 15.2 Å². The summed E-state index contributed by atoms with van der Waals surface area (Å²) < 4.78 is 50.7. The predicted octanol–water partition coefficient (Wildman–Crippen LogP) is 5.26. The van der Waals surface area contributed by atoms with E-state index in [9.17, 15) is 23.5 Å². The van der Waals surface area contributed by atoms with Gasteiger partial charge in [0.1, 0.15) is 17.4 Å². The number of nitrogens with one attached hydrogen (secondary N) is 1. The van der Waals surface area contributed by atoms with Gasteiger partial charge in [-0.25, -0.2) is 14.6 Å². The molecule has 5 rings (SSSR count). The maximum absolute atomic E-state index is 14.5. The van der Waals surface area contributed by atoms with Crippen LogP contribution in [0, 0.1) is 11.3 Å². The van der Waals surface area contributed by atoms with E-state index < -0.39 is 30.2 Å². The first-order valence-corrected chi connectivity index (χ1v) is 13.0. The summed E-state index contributed by atoms with van der Waals surface area (Å²) >= 11 is 0. The fraction of sp³-hybridized carbons (Fsp3) is 0.379. The number of hydrogen-bond acceptors (Lipinski definition) is 7. The summed E-state index contributed by atoms with van der Waals surface area (Å²) in [5.41, 5.74) is -1.19. The van der Waals surface area contributed by atoms with E-state index in [-0.39, 0.29) is 5.82 Å². The second kappa shape index (κ2) is 10.1. The van der Waals surface area contributed by atoms with Gasteiger partial charge in [-0.05, 0) is 35.6 Å². The first-order chi connectivity index (χ1) is 19.0. The molecule has 0 radical (unpaired) electrons. The summed E-state index contributed by atoms with van der Waals surface area (Å²) in [6.45, 7) is 4.83. The van der Waals surface area contributed by atoms with Gasteiger partial charge in [-0.3, -0.25) is 0 Å². The van der Waals surface area contributed by atoms with Crippen molar-refractivity contribution in [2.75, 3.05) is 18.5 Å². The van der Waals surface area contributed by atoms with E-state index in [4.69, 9.17) is 4.74 Å². The Morgan fingerprint density at radius 3 is 2.65 bits per heavy atom. The Morgan fingerprint density at radius 1 is 1.15 bits per heavy atom. The number of alkyl halides is 3. The number of aryl methyl sites for hydroxylation is 1. The van der Waals surface area contributed by atoms with Gasteiger partial charge in [-0.2, -0.15) is 23.5 Å². The molecule has 1 aliphatic rings. The lowest BCUT2D eigenvalue weighted by atomic mass is 9.74. The average molecular weight is 551 g/mol. The Morgan fingerprint density at radius 2 is 1.93 bits per heavy atom. The van der Waals surface area contributed by atoms with Crippen molar-refractivity contribution in [3.8, 4) is 17.5 Å². The molecule has 1 unspecified atom stereocenters. The van der Waals surface area contributed by atoms with Crippen LogP contribution in [-0.4, -0.2) is 49.8 Å². The highest BCUT2D eigenvalue weighted by atomic mass is 19.4. The highest BCUT2D eigenvalue weighted by Gasteiger charge is 2.56. The zero-order valence-corrected chi connectivity index (χ0v) is 22.4. The molecule has 3 heterocycles. The van der Waals surface area contributed by atoms with E-state index in [0.29, 0.717) is 58.9 Å². The second-order valence-corrected chi connectivity index (χ2v) is 10.6. The van der Waals surface area contributed by atoms with Crippen LogP contribution in [0.4, 0.5) is 19.0 Å². The molecule has 0 aliphatic carbocycles. The predicted molar refractivity (Wildman–Crippen MR) is 144 cm³/mol. The molecule has 0 saturated heterocycles. The molecule has 208 valence electrons. The van der Waals surface area contributed by atoms with Gasteiger partial charge in [-0.15, -0.1) is 0 Å². The molecule has 2 N–H and O–H groups in total. The second-order valence-electron chi connectivity index (χ2n) is 10.6. The quantitative estimate of drug-likeness (QED) is 0.308. The van der Waals surface area contributed by atoms with E-state index in [1.165, 1.54) is 10.9 Å². The van der Waals surface area contributed by atoms with Crippen molar-refractivity contribution < 1.29 is 23.0 Å². The van der Waals surface area contributed by atoms with Crippen LogP contribution in [0.1, 0.15) is 49.7 Å². The summed E-state index contributed by atoms with van der Waals surface area (Å²) in [6.07, 6.45) is -2.97. The lowest BCUT2D eigenvalue weighted by Gasteiger charge is -2.38. The van der Waals surface area contributed by atoms with Gasteiger partial charge in [0.25, 0.3) is 0 Å². The number of ether oxygens (including phenoxy) is 1. The number of nitriles is 1. The monoisotopic (exact) mass is 550 g/mol. The molecule has 0 amide bonds. The maximum Gasteiger partial charge on any atom is 0.418 e. The molecule has 0 fully saturated rings. The summed E-state index contributed by atoms with van der Waals surface area (Å²) in [7, 11) is 0. The van der Waals surface area contributed by atoms with Crippen LogP contribution >= 0.6 is 0 Å². The first-order valence-electron chi connectivity index (χ1n) is 13.0. The Hall–Kier alpha value is -4.17. The fourth-order valence-corrected chi connectivity index (χ4v) is 5.21. The Bertz CT molecular complexity index is 1610. The zero-order valence-electron chi connectivity index (χ0n) is 22.4. The maximum atomic E-state index is 14.5. The molecule has 11 heteroatoms. The van der Waals surface area contributed by atoms with E-state index in [1.54, 1.807) is 44.2 Å². The minimum atomic E-state index is -4.93. The SMILES string of the molecule is CCc1nc(NCC(O)(CC(C)(C)c2cccc3c2OCC3)C(F)(F)F)c2cnn(-c3cccc(C#N)c3)c2n1. The molecule has 2 aromatic carbocycles. The number of fused-ring (bicyclic) bond motifs is 2. The van der Waals surface area contributed by atoms with Crippen molar-refractivity contribution in [3.63, 3.8) is 0 Å². The van der Waals surface area contributed by atoms with Crippen molar-refractivity contribution in [2.45, 2.75) is 57.2 Å². The summed E-state index contributed by atoms with van der Waals surface area (Å²) in [6, 6.07) is 14.3. The Labute approximate surface area is 229 Å². The van der Waals surface area contributed by atoms with Gasteiger partial charge in [0, 0.05) is 18.4 Å². The number of rotatable bonds is 8. The lowest BCUT2D eigenvalue weighted by molar-refractivity contribution is -0.260. The molecular weight excluding hydrogens is 521 g/mol. The van der Waals surface area contributed by atoms with E-state index in [0.717, 1.165) is 5.56 Å². The van der Waals surface area contributed by atoms with Gasteiger partial charge in [-0.1, -0.05) is 45.0 Å². The number of benzene rings is 2. The highest BCUT2D eigenvalue weighted by molar-refractivity contribution is 5.87. The zero-order chi connectivity index (χ0) is 28.7. The minimum Gasteiger partial charge on any atom is -0.493 e.